The van der Waals surface area contributed by atoms with Gasteiger partial charge in [0, 0.05) is 12.1 Å². The van der Waals surface area contributed by atoms with Gasteiger partial charge in [-0.25, -0.2) is 4.98 Å². The van der Waals surface area contributed by atoms with E-state index in [0.29, 0.717) is 6.61 Å². The average Bonchev–Trinajstić information content (AvgIpc) is 3.26. The predicted octanol–water partition coefficient (Wildman–Crippen LogP) is 8.02. The lowest BCUT2D eigenvalue weighted by molar-refractivity contribution is 0.306. The van der Waals surface area contributed by atoms with Gasteiger partial charge in [-0.2, -0.15) is 0 Å². The Hall–Kier alpha value is -3.59. The number of nitrogens with zero attached hydrogens (tertiary/aromatic N) is 2. The molecular weight excluding hydrogens is 416 g/mol. The Labute approximate surface area is 201 Å². The highest BCUT2D eigenvalue weighted by Gasteiger charge is 2.19. The number of ether oxygens (including phenoxy) is 1. The third-order valence-electron chi connectivity index (χ3n) is 7.14. The van der Waals surface area contributed by atoms with Gasteiger partial charge in [-0.3, -0.25) is 0 Å². The van der Waals surface area contributed by atoms with Crippen LogP contribution in [0.25, 0.3) is 33.2 Å². The first-order valence-corrected chi connectivity index (χ1v) is 12.5. The van der Waals surface area contributed by atoms with E-state index in [2.05, 4.69) is 77.4 Å². The summed E-state index contributed by atoms with van der Waals surface area (Å²) in [6, 6.07) is 31.9. The Morgan fingerprint density at radius 1 is 0.765 bits per heavy atom. The summed E-state index contributed by atoms with van der Waals surface area (Å²) in [6.07, 6.45) is 6.76. The summed E-state index contributed by atoms with van der Waals surface area (Å²) in [6.45, 7) is 1.63. The first-order chi connectivity index (χ1) is 16.8. The minimum absolute atomic E-state index is 0.579. The number of hydrogen-bond donors (Lipinski definition) is 0. The van der Waals surface area contributed by atoms with Crippen molar-refractivity contribution in [2.75, 3.05) is 0 Å². The van der Waals surface area contributed by atoms with Crippen molar-refractivity contribution in [2.24, 2.45) is 5.92 Å². The molecule has 0 bridgehead atoms. The van der Waals surface area contributed by atoms with Gasteiger partial charge >= 0.3 is 0 Å². The Morgan fingerprint density at radius 2 is 1.53 bits per heavy atom. The molecule has 3 heteroatoms. The van der Waals surface area contributed by atoms with Crippen LogP contribution >= 0.6 is 0 Å². The minimum atomic E-state index is 0.579. The number of rotatable bonds is 6. The van der Waals surface area contributed by atoms with E-state index >= 15 is 0 Å². The monoisotopic (exact) mass is 446 g/mol. The molecule has 1 aliphatic rings. The maximum atomic E-state index is 6.04. The summed E-state index contributed by atoms with van der Waals surface area (Å²) in [5, 5.41) is 2.39. The zero-order chi connectivity index (χ0) is 22.7. The fourth-order valence-electron chi connectivity index (χ4n) is 5.30. The van der Waals surface area contributed by atoms with Gasteiger partial charge in [0.2, 0.25) is 0 Å². The molecule has 0 radical (unpaired) electrons. The maximum absolute atomic E-state index is 6.04. The van der Waals surface area contributed by atoms with Crippen LogP contribution < -0.4 is 4.74 Å². The van der Waals surface area contributed by atoms with E-state index in [4.69, 9.17) is 9.72 Å². The predicted molar refractivity (Wildman–Crippen MR) is 140 cm³/mol. The zero-order valence-corrected chi connectivity index (χ0v) is 19.5. The number of imidazole rings is 1. The molecule has 5 aromatic rings. The van der Waals surface area contributed by atoms with E-state index in [1.807, 2.05) is 18.2 Å². The second-order valence-electron chi connectivity index (χ2n) is 9.54. The first kappa shape index (κ1) is 21.0. The Bertz CT molecular complexity index is 1410. The standard InChI is InChI=1S/C31H30N2O/c1-3-9-23(10-4-1)21-33-30-14-8-7-13-29(30)32-31(33)27-16-15-26-20-28(18-17-25(26)19-27)34-22-24-11-5-2-6-12-24/h2,5-8,11-20,23H,1,3-4,9-10,21-22H2. The highest BCUT2D eigenvalue weighted by molar-refractivity contribution is 5.89. The quantitative estimate of drug-likeness (QED) is 0.264. The highest BCUT2D eigenvalue weighted by atomic mass is 16.5. The molecule has 0 saturated heterocycles. The number of benzene rings is 4. The van der Waals surface area contributed by atoms with Crippen LogP contribution in [0.15, 0.2) is 91.0 Å². The normalized spacial score (nSPS) is 14.6. The highest BCUT2D eigenvalue weighted by Crippen LogP contribution is 2.32. The van der Waals surface area contributed by atoms with Crippen molar-refractivity contribution in [3.8, 4) is 17.1 Å². The van der Waals surface area contributed by atoms with Gasteiger partial charge in [0.05, 0.1) is 11.0 Å². The molecule has 1 aromatic heterocycles. The van der Waals surface area contributed by atoms with Crippen LogP contribution in [-0.4, -0.2) is 9.55 Å². The number of para-hydroxylation sites is 2. The smallest absolute Gasteiger partial charge is 0.141 e. The van der Waals surface area contributed by atoms with E-state index in [-0.39, 0.29) is 0 Å². The Balaban J connectivity index is 1.31. The molecule has 1 heterocycles. The third kappa shape index (κ3) is 4.31. The molecule has 0 atom stereocenters. The largest absolute Gasteiger partial charge is 0.489 e. The second-order valence-corrected chi connectivity index (χ2v) is 9.54. The van der Waals surface area contributed by atoms with Gasteiger partial charge in [-0.05, 0) is 65.4 Å². The van der Waals surface area contributed by atoms with Crippen molar-refractivity contribution in [2.45, 2.75) is 45.3 Å². The zero-order valence-electron chi connectivity index (χ0n) is 19.5. The first-order valence-electron chi connectivity index (χ1n) is 12.5. The van der Waals surface area contributed by atoms with Crippen LogP contribution in [0.2, 0.25) is 0 Å². The van der Waals surface area contributed by atoms with Crippen LogP contribution in [-0.2, 0) is 13.2 Å². The molecule has 1 saturated carbocycles. The van der Waals surface area contributed by atoms with Crippen LogP contribution in [0.3, 0.4) is 0 Å². The van der Waals surface area contributed by atoms with Crippen LogP contribution in [0.4, 0.5) is 0 Å². The van der Waals surface area contributed by atoms with Crippen molar-refractivity contribution in [1.82, 2.24) is 9.55 Å². The summed E-state index contributed by atoms with van der Waals surface area (Å²) >= 11 is 0. The lowest BCUT2D eigenvalue weighted by atomic mass is 9.89. The van der Waals surface area contributed by atoms with E-state index in [9.17, 15) is 0 Å². The maximum Gasteiger partial charge on any atom is 0.141 e. The van der Waals surface area contributed by atoms with Crippen molar-refractivity contribution in [3.63, 3.8) is 0 Å². The van der Waals surface area contributed by atoms with E-state index in [1.165, 1.54) is 59.5 Å². The van der Waals surface area contributed by atoms with Crippen molar-refractivity contribution >= 4 is 21.8 Å². The van der Waals surface area contributed by atoms with Gasteiger partial charge in [0.15, 0.2) is 0 Å². The molecule has 0 unspecified atom stereocenters. The van der Waals surface area contributed by atoms with E-state index in [1.54, 1.807) is 0 Å². The molecule has 0 N–H and O–H groups in total. The molecule has 0 amide bonds. The van der Waals surface area contributed by atoms with Crippen LogP contribution in [0.1, 0.15) is 37.7 Å². The topological polar surface area (TPSA) is 27.1 Å². The van der Waals surface area contributed by atoms with Gasteiger partial charge in [-0.1, -0.05) is 79.9 Å². The van der Waals surface area contributed by atoms with Gasteiger partial charge in [-0.15, -0.1) is 0 Å². The van der Waals surface area contributed by atoms with E-state index < -0.39 is 0 Å². The molecule has 170 valence electrons. The lowest BCUT2D eigenvalue weighted by Crippen LogP contribution is -2.14. The molecule has 1 fully saturated rings. The summed E-state index contributed by atoms with van der Waals surface area (Å²) in [7, 11) is 0. The van der Waals surface area contributed by atoms with Gasteiger partial charge < -0.3 is 9.30 Å². The Morgan fingerprint density at radius 3 is 2.41 bits per heavy atom. The van der Waals surface area contributed by atoms with Gasteiger partial charge in [0.1, 0.15) is 18.2 Å². The third-order valence-corrected chi connectivity index (χ3v) is 7.14. The summed E-state index contributed by atoms with van der Waals surface area (Å²) in [5.41, 5.74) is 4.68. The fourth-order valence-corrected chi connectivity index (χ4v) is 5.30. The Kier molecular flexibility index (Phi) is 5.76. The molecule has 34 heavy (non-hydrogen) atoms. The average molecular weight is 447 g/mol. The molecule has 4 aromatic carbocycles. The minimum Gasteiger partial charge on any atom is -0.489 e. The van der Waals surface area contributed by atoms with E-state index in [0.717, 1.165) is 29.6 Å². The summed E-state index contributed by atoms with van der Waals surface area (Å²) in [5.74, 6) is 2.72. The van der Waals surface area contributed by atoms with Crippen molar-refractivity contribution < 1.29 is 4.74 Å². The summed E-state index contributed by atoms with van der Waals surface area (Å²) in [4.78, 5) is 5.07. The molecular formula is C31H30N2O. The number of fused-ring (bicyclic) bond motifs is 2. The molecule has 0 spiro atoms. The van der Waals surface area contributed by atoms with Crippen molar-refractivity contribution in [1.29, 1.82) is 0 Å². The number of aromatic nitrogens is 2. The van der Waals surface area contributed by atoms with Crippen molar-refractivity contribution in [3.05, 3.63) is 96.6 Å². The fraction of sp³-hybridized carbons (Fsp3) is 0.258. The lowest BCUT2D eigenvalue weighted by Gasteiger charge is -2.23. The molecule has 3 nitrogen and oxygen atoms in total. The molecule has 1 aliphatic carbocycles. The SMILES string of the molecule is c1ccc(COc2ccc3cc(-c4nc5ccccc5n4CC4CCCCC4)ccc3c2)cc1. The van der Waals surface area contributed by atoms with Gasteiger partial charge in [0.25, 0.3) is 0 Å². The second kappa shape index (κ2) is 9.34. The summed E-state index contributed by atoms with van der Waals surface area (Å²) < 4.78 is 8.50. The molecule has 0 aliphatic heterocycles. The van der Waals surface area contributed by atoms with Crippen LogP contribution in [0, 0.1) is 5.92 Å². The number of hydrogen-bond acceptors (Lipinski definition) is 2. The van der Waals surface area contributed by atoms with Crippen LogP contribution in [0.5, 0.6) is 5.75 Å². The molecule has 6 rings (SSSR count).